The number of nitrogens with zero attached hydrogens (tertiary/aromatic N) is 1. The second kappa shape index (κ2) is 5.55. The number of aryl methyl sites for hydroxylation is 1. The van der Waals surface area contributed by atoms with E-state index in [1.165, 1.54) is 0 Å². The minimum Gasteiger partial charge on any atom is -0.456 e. The maximum absolute atomic E-state index is 11.0. The molecule has 2 rings (SSSR count). The smallest absolute Gasteiger partial charge is 0.153 e. The Morgan fingerprint density at radius 3 is 2.68 bits per heavy atom. The molecular formula is C15H10ClNO2. The third kappa shape index (κ3) is 2.93. The molecule has 0 unspecified atom stereocenters. The Morgan fingerprint density at radius 2 is 2.00 bits per heavy atom. The van der Waals surface area contributed by atoms with Crippen LogP contribution < -0.4 is 4.74 Å². The molecule has 0 aliphatic heterocycles. The van der Waals surface area contributed by atoms with E-state index in [4.69, 9.17) is 21.6 Å². The molecule has 0 saturated carbocycles. The first kappa shape index (κ1) is 13.1. The van der Waals surface area contributed by atoms with Crippen molar-refractivity contribution in [1.29, 1.82) is 5.26 Å². The SMILES string of the molecule is Cc1ccc(C#N)cc1Oc1cc(Cl)ccc1C=O. The van der Waals surface area contributed by atoms with Crippen LogP contribution in [0.2, 0.25) is 5.02 Å². The van der Waals surface area contributed by atoms with Gasteiger partial charge in [-0.15, -0.1) is 0 Å². The molecule has 0 saturated heterocycles. The largest absolute Gasteiger partial charge is 0.456 e. The normalized spacial score (nSPS) is 9.74. The van der Waals surface area contributed by atoms with Crippen LogP contribution in [0.25, 0.3) is 0 Å². The zero-order valence-corrected chi connectivity index (χ0v) is 10.9. The highest BCUT2D eigenvalue weighted by Gasteiger charge is 2.08. The monoisotopic (exact) mass is 271 g/mol. The molecule has 0 fully saturated rings. The predicted molar refractivity (Wildman–Crippen MR) is 72.8 cm³/mol. The van der Waals surface area contributed by atoms with E-state index < -0.39 is 0 Å². The van der Waals surface area contributed by atoms with Gasteiger partial charge in [0.05, 0.1) is 17.2 Å². The molecule has 2 aromatic carbocycles. The fourth-order valence-corrected chi connectivity index (χ4v) is 1.75. The summed E-state index contributed by atoms with van der Waals surface area (Å²) in [5, 5.41) is 9.36. The van der Waals surface area contributed by atoms with Crippen LogP contribution in [0.15, 0.2) is 36.4 Å². The summed E-state index contributed by atoms with van der Waals surface area (Å²) >= 11 is 5.89. The van der Waals surface area contributed by atoms with Crippen molar-refractivity contribution in [3.63, 3.8) is 0 Å². The van der Waals surface area contributed by atoms with Gasteiger partial charge in [-0.3, -0.25) is 4.79 Å². The van der Waals surface area contributed by atoms with Crippen LogP contribution in [-0.2, 0) is 0 Å². The zero-order chi connectivity index (χ0) is 13.8. The summed E-state index contributed by atoms with van der Waals surface area (Å²) in [6, 6.07) is 12.0. The summed E-state index contributed by atoms with van der Waals surface area (Å²) in [6.07, 6.45) is 0.704. The van der Waals surface area contributed by atoms with Gasteiger partial charge >= 0.3 is 0 Å². The van der Waals surface area contributed by atoms with Crippen molar-refractivity contribution >= 4 is 17.9 Å². The van der Waals surface area contributed by atoms with Crippen LogP contribution in [-0.4, -0.2) is 6.29 Å². The molecular weight excluding hydrogens is 262 g/mol. The lowest BCUT2D eigenvalue weighted by Crippen LogP contribution is -1.93. The summed E-state index contributed by atoms with van der Waals surface area (Å²) in [5.74, 6) is 0.908. The van der Waals surface area contributed by atoms with Crippen LogP contribution in [0.4, 0.5) is 0 Å². The number of benzene rings is 2. The number of hydrogen-bond donors (Lipinski definition) is 0. The Kier molecular flexibility index (Phi) is 3.84. The van der Waals surface area contributed by atoms with Gasteiger partial charge in [0.15, 0.2) is 6.29 Å². The summed E-state index contributed by atoms with van der Waals surface area (Å²) < 4.78 is 5.69. The Morgan fingerprint density at radius 1 is 1.21 bits per heavy atom. The van der Waals surface area contributed by atoms with Gasteiger partial charge in [0.1, 0.15) is 11.5 Å². The molecule has 0 aliphatic carbocycles. The average Bonchev–Trinajstić information content (AvgIpc) is 2.41. The summed E-state index contributed by atoms with van der Waals surface area (Å²) in [7, 11) is 0. The number of halogens is 1. The van der Waals surface area contributed by atoms with Crippen molar-refractivity contribution in [3.05, 3.63) is 58.1 Å². The van der Waals surface area contributed by atoms with E-state index in [0.29, 0.717) is 33.9 Å². The molecule has 2 aromatic rings. The lowest BCUT2D eigenvalue weighted by molar-refractivity contribution is 0.112. The molecule has 94 valence electrons. The maximum Gasteiger partial charge on any atom is 0.153 e. The van der Waals surface area contributed by atoms with Crippen LogP contribution in [0.3, 0.4) is 0 Å². The molecule has 0 aliphatic rings. The number of hydrogen-bond acceptors (Lipinski definition) is 3. The van der Waals surface area contributed by atoms with Crippen LogP contribution >= 0.6 is 11.6 Å². The Labute approximate surface area is 116 Å². The number of nitriles is 1. The number of carbonyl (C=O) groups is 1. The van der Waals surface area contributed by atoms with Gasteiger partial charge in [-0.05, 0) is 36.8 Å². The van der Waals surface area contributed by atoms with E-state index in [1.54, 1.807) is 36.4 Å². The van der Waals surface area contributed by atoms with Gasteiger partial charge in [0, 0.05) is 11.1 Å². The van der Waals surface area contributed by atoms with E-state index in [9.17, 15) is 4.79 Å². The molecule has 0 heterocycles. The molecule has 0 radical (unpaired) electrons. The molecule has 0 bridgehead atoms. The first-order valence-corrected chi connectivity index (χ1v) is 5.95. The van der Waals surface area contributed by atoms with Gasteiger partial charge in [0.25, 0.3) is 0 Å². The fraction of sp³-hybridized carbons (Fsp3) is 0.0667. The second-order valence-electron chi connectivity index (χ2n) is 3.99. The minimum absolute atomic E-state index is 0.376. The molecule has 0 spiro atoms. The minimum atomic E-state index is 0.376. The zero-order valence-electron chi connectivity index (χ0n) is 10.2. The van der Waals surface area contributed by atoms with Crippen molar-refractivity contribution in [2.24, 2.45) is 0 Å². The highest BCUT2D eigenvalue weighted by atomic mass is 35.5. The topological polar surface area (TPSA) is 50.1 Å². The van der Waals surface area contributed by atoms with Crippen LogP contribution in [0.5, 0.6) is 11.5 Å². The van der Waals surface area contributed by atoms with Crippen molar-refractivity contribution in [3.8, 4) is 17.6 Å². The van der Waals surface area contributed by atoms with Crippen molar-refractivity contribution < 1.29 is 9.53 Å². The maximum atomic E-state index is 11.0. The molecule has 0 atom stereocenters. The van der Waals surface area contributed by atoms with Crippen LogP contribution in [0, 0.1) is 18.3 Å². The Balaban J connectivity index is 2.44. The van der Waals surface area contributed by atoms with Crippen LogP contribution in [0.1, 0.15) is 21.5 Å². The average molecular weight is 272 g/mol. The molecule has 0 amide bonds. The number of ether oxygens (including phenoxy) is 1. The first-order chi connectivity index (χ1) is 9.13. The summed E-state index contributed by atoms with van der Waals surface area (Å²) in [4.78, 5) is 11.0. The predicted octanol–water partition coefficient (Wildman–Crippen LogP) is 4.12. The van der Waals surface area contributed by atoms with Crippen molar-refractivity contribution in [2.45, 2.75) is 6.92 Å². The standard InChI is InChI=1S/C15H10ClNO2/c1-10-2-3-11(8-17)6-14(10)19-15-7-13(16)5-4-12(15)9-18/h2-7,9H,1H3. The third-order valence-corrected chi connectivity index (χ3v) is 2.87. The Hall–Kier alpha value is -2.31. The first-order valence-electron chi connectivity index (χ1n) is 5.57. The van der Waals surface area contributed by atoms with Gasteiger partial charge in [-0.25, -0.2) is 0 Å². The summed E-state index contributed by atoms with van der Waals surface area (Å²) in [5.41, 5.74) is 1.78. The van der Waals surface area contributed by atoms with E-state index in [2.05, 4.69) is 0 Å². The number of rotatable bonds is 3. The molecule has 4 heteroatoms. The van der Waals surface area contributed by atoms with E-state index >= 15 is 0 Å². The molecule has 3 nitrogen and oxygen atoms in total. The molecule has 0 aromatic heterocycles. The molecule has 19 heavy (non-hydrogen) atoms. The Bertz CT molecular complexity index is 674. The summed E-state index contributed by atoms with van der Waals surface area (Å²) in [6.45, 7) is 1.86. The quantitative estimate of drug-likeness (QED) is 0.789. The fourth-order valence-electron chi connectivity index (χ4n) is 1.59. The van der Waals surface area contributed by atoms with Gasteiger partial charge in [-0.1, -0.05) is 17.7 Å². The van der Waals surface area contributed by atoms with Gasteiger partial charge in [-0.2, -0.15) is 5.26 Å². The van der Waals surface area contributed by atoms with E-state index in [1.807, 2.05) is 13.0 Å². The molecule has 0 N–H and O–H groups in total. The second-order valence-corrected chi connectivity index (χ2v) is 4.43. The van der Waals surface area contributed by atoms with Crippen molar-refractivity contribution in [1.82, 2.24) is 0 Å². The third-order valence-electron chi connectivity index (χ3n) is 2.64. The lowest BCUT2D eigenvalue weighted by Gasteiger charge is -2.11. The lowest BCUT2D eigenvalue weighted by atomic mass is 10.1. The van der Waals surface area contributed by atoms with Crippen molar-refractivity contribution in [2.75, 3.05) is 0 Å². The van der Waals surface area contributed by atoms with E-state index in [0.717, 1.165) is 5.56 Å². The number of aldehydes is 1. The van der Waals surface area contributed by atoms with E-state index in [-0.39, 0.29) is 0 Å². The van der Waals surface area contributed by atoms with Gasteiger partial charge < -0.3 is 4.74 Å². The highest BCUT2D eigenvalue weighted by Crippen LogP contribution is 2.30. The van der Waals surface area contributed by atoms with Gasteiger partial charge in [0.2, 0.25) is 0 Å². The highest BCUT2D eigenvalue weighted by molar-refractivity contribution is 6.30. The number of carbonyl (C=O) groups excluding carboxylic acids is 1.